The number of rotatable bonds is 5. The molecule has 1 atom stereocenters. The van der Waals surface area contributed by atoms with E-state index in [0.29, 0.717) is 12.0 Å². The van der Waals surface area contributed by atoms with E-state index in [4.69, 9.17) is 5.73 Å². The lowest BCUT2D eigenvalue weighted by Crippen LogP contribution is -2.40. The number of nitrogens with one attached hydrogen (secondary N) is 1. The molecule has 1 unspecified atom stereocenters. The zero-order valence-electron chi connectivity index (χ0n) is 7.35. The molecule has 0 aromatic heterocycles. The van der Waals surface area contributed by atoms with Gasteiger partial charge in [-0.25, -0.2) is 0 Å². The zero-order chi connectivity index (χ0) is 7.98. The highest BCUT2D eigenvalue weighted by Gasteiger charge is 2.08. The second-order valence-electron chi connectivity index (χ2n) is 3.04. The topological polar surface area (TPSA) is 38.0 Å². The van der Waals surface area contributed by atoms with E-state index in [-0.39, 0.29) is 0 Å². The molecule has 62 valence electrons. The molecular formula is C8H20N2. The number of hydrogen-bond donors (Lipinski definition) is 2. The molecule has 0 saturated heterocycles. The third kappa shape index (κ3) is 3.85. The van der Waals surface area contributed by atoms with Crippen molar-refractivity contribution in [2.24, 2.45) is 11.7 Å². The molecule has 0 heterocycles. The normalized spacial score (nSPS) is 14.1. The van der Waals surface area contributed by atoms with Crippen molar-refractivity contribution in [1.82, 2.24) is 5.32 Å². The molecular weight excluding hydrogens is 124 g/mol. The van der Waals surface area contributed by atoms with E-state index < -0.39 is 0 Å². The van der Waals surface area contributed by atoms with Crippen LogP contribution in [0, 0.1) is 5.92 Å². The third-order valence-corrected chi connectivity index (χ3v) is 1.72. The van der Waals surface area contributed by atoms with Gasteiger partial charge in [-0.15, -0.1) is 0 Å². The van der Waals surface area contributed by atoms with Crippen molar-refractivity contribution in [3.8, 4) is 0 Å². The van der Waals surface area contributed by atoms with Crippen LogP contribution in [0.4, 0.5) is 0 Å². The Hall–Kier alpha value is -0.0800. The van der Waals surface area contributed by atoms with Crippen LogP contribution in [0.15, 0.2) is 0 Å². The number of nitrogens with two attached hydrogens (primary N) is 1. The molecule has 0 saturated carbocycles. The Morgan fingerprint density at radius 2 is 2.00 bits per heavy atom. The van der Waals surface area contributed by atoms with Gasteiger partial charge in [0.25, 0.3) is 0 Å². The minimum absolute atomic E-state index is 0.500. The van der Waals surface area contributed by atoms with Crippen molar-refractivity contribution in [2.75, 3.05) is 13.1 Å². The molecule has 2 heteroatoms. The first-order valence-electron chi connectivity index (χ1n) is 4.15. The molecule has 0 bridgehead atoms. The van der Waals surface area contributed by atoms with Gasteiger partial charge in [-0.2, -0.15) is 0 Å². The van der Waals surface area contributed by atoms with E-state index in [1.165, 1.54) is 6.42 Å². The summed E-state index contributed by atoms with van der Waals surface area (Å²) in [5.41, 5.74) is 5.55. The summed E-state index contributed by atoms with van der Waals surface area (Å²) in [6.07, 6.45) is 1.18. The van der Waals surface area contributed by atoms with E-state index in [0.717, 1.165) is 13.1 Å². The summed E-state index contributed by atoms with van der Waals surface area (Å²) in [6, 6.07) is 0.500. The SMILES string of the molecule is CCCNC(CN)C(C)C. The summed E-state index contributed by atoms with van der Waals surface area (Å²) >= 11 is 0. The van der Waals surface area contributed by atoms with Crippen LogP contribution < -0.4 is 11.1 Å². The molecule has 0 fully saturated rings. The van der Waals surface area contributed by atoms with E-state index in [1.54, 1.807) is 0 Å². The van der Waals surface area contributed by atoms with Gasteiger partial charge in [-0.3, -0.25) is 0 Å². The predicted octanol–water partition coefficient (Wildman–Crippen LogP) is 0.969. The fourth-order valence-electron chi connectivity index (χ4n) is 0.921. The molecule has 10 heavy (non-hydrogen) atoms. The largest absolute Gasteiger partial charge is 0.329 e. The lowest BCUT2D eigenvalue weighted by molar-refractivity contribution is 0.407. The van der Waals surface area contributed by atoms with Crippen molar-refractivity contribution >= 4 is 0 Å². The van der Waals surface area contributed by atoms with E-state index >= 15 is 0 Å². The van der Waals surface area contributed by atoms with Crippen LogP contribution in [0.3, 0.4) is 0 Å². The van der Waals surface area contributed by atoms with E-state index in [1.807, 2.05) is 0 Å². The van der Waals surface area contributed by atoms with Gasteiger partial charge in [0.1, 0.15) is 0 Å². The first-order chi connectivity index (χ1) is 4.72. The molecule has 2 nitrogen and oxygen atoms in total. The third-order valence-electron chi connectivity index (χ3n) is 1.72. The predicted molar refractivity (Wildman–Crippen MR) is 46.0 cm³/mol. The standard InChI is InChI=1S/C8H20N2/c1-4-5-10-8(6-9)7(2)3/h7-8,10H,4-6,9H2,1-3H3. The van der Waals surface area contributed by atoms with Crippen LogP contribution >= 0.6 is 0 Å². The minimum Gasteiger partial charge on any atom is -0.329 e. The molecule has 3 N–H and O–H groups in total. The van der Waals surface area contributed by atoms with Gasteiger partial charge < -0.3 is 11.1 Å². The average Bonchev–Trinajstić information content (AvgIpc) is 1.89. The zero-order valence-corrected chi connectivity index (χ0v) is 7.35. The fourth-order valence-corrected chi connectivity index (χ4v) is 0.921. The summed E-state index contributed by atoms with van der Waals surface area (Å²) in [5.74, 6) is 0.650. The summed E-state index contributed by atoms with van der Waals surface area (Å²) in [4.78, 5) is 0. The van der Waals surface area contributed by atoms with Crippen molar-refractivity contribution in [2.45, 2.75) is 33.2 Å². The van der Waals surface area contributed by atoms with Crippen molar-refractivity contribution in [3.63, 3.8) is 0 Å². The highest BCUT2D eigenvalue weighted by Crippen LogP contribution is 1.98. The van der Waals surface area contributed by atoms with Crippen molar-refractivity contribution in [1.29, 1.82) is 0 Å². The lowest BCUT2D eigenvalue weighted by atomic mass is 10.1. The summed E-state index contributed by atoms with van der Waals surface area (Å²) in [5, 5.41) is 3.39. The maximum Gasteiger partial charge on any atom is 0.0213 e. The highest BCUT2D eigenvalue weighted by molar-refractivity contribution is 4.70. The van der Waals surface area contributed by atoms with Crippen molar-refractivity contribution < 1.29 is 0 Å². The Morgan fingerprint density at radius 1 is 1.40 bits per heavy atom. The van der Waals surface area contributed by atoms with Crippen LogP contribution in [-0.2, 0) is 0 Å². The second kappa shape index (κ2) is 5.69. The van der Waals surface area contributed by atoms with Gasteiger partial charge in [-0.05, 0) is 18.9 Å². The molecule has 0 radical (unpaired) electrons. The molecule has 0 spiro atoms. The van der Waals surface area contributed by atoms with Crippen LogP contribution in [0.1, 0.15) is 27.2 Å². The second-order valence-corrected chi connectivity index (χ2v) is 3.04. The molecule has 0 amide bonds. The summed E-state index contributed by atoms with van der Waals surface area (Å²) in [7, 11) is 0. The fraction of sp³-hybridized carbons (Fsp3) is 1.00. The van der Waals surface area contributed by atoms with E-state index in [2.05, 4.69) is 26.1 Å². The van der Waals surface area contributed by atoms with Gasteiger partial charge >= 0.3 is 0 Å². The Morgan fingerprint density at radius 3 is 2.30 bits per heavy atom. The van der Waals surface area contributed by atoms with E-state index in [9.17, 15) is 0 Å². The highest BCUT2D eigenvalue weighted by atomic mass is 14.9. The molecule has 0 aromatic carbocycles. The molecule has 0 aromatic rings. The van der Waals surface area contributed by atoms with Crippen LogP contribution in [0.5, 0.6) is 0 Å². The monoisotopic (exact) mass is 144 g/mol. The summed E-state index contributed by atoms with van der Waals surface area (Å²) < 4.78 is 0. The van der Waals surface area contributed by atoms with Gasteiger partial charge in [0.15, 0.2) is 0 Å². The Balaban J connectivity index is 3.40. The van der Waals surface area contributed by atoms with Gasteiger partial charge in [-0.1, -0.05) is 20.8 Å². The number of hydrogen-bond acceptors (Lipinski definition) is 2. The molecule has 0 aliphatic carbocycles. The molecule has 0 aliphatic heterocycles. The quantitative estimate of drug-likeness (QED) is 0.603. The van der Waals surface area contributed by atoms with Gasteiger partial charge in [0, 0.05) is 12.6 Å². The maximum absolute atomic E-state index is 5.55. The summed E-state index contributed by atoms with van der Waals surface area (Å²) in [6.45, 7) is 8.39. The average molecular weight is 144 g/mol. The Bertz CT molecular complexity index is 71.7. The smallest absolute Gasteiger partial charge is 0.0213 e. The van der Waals surface area contributed by atoms with Crippen LogP contribution in [-0.4, -0.2) is 19.1 Å². The minimum atomic E-state index is 0.500. The van der Waals surface area contributed by atoms with Crippen LogP contribution in [0.2, 0.25) is 0 Å². The Kier molecular flexibility index (Phi) is 5.64. The first kappa shape index (κ1) is 9.92. The molecule has 0 rings (SSSR count). The van der Waals surface area contributed by atoms with Gasteiger partial charge in [0.05, 0.1) is 0 Å². The first-order valence-corrected chi connectivity index (χ1v) is 4.15. The van der Waals surface area contributed by atoms with Gasteiger partial charge in [0.2, 0.25) is 0 Å². The van der Waals surface area contributed by atoms with Crippen LogP contribution in [0.25, 0.3) is 0 Å². The maximum atomic E-state index is 5.55. The lowest BCUT2D eigenvalue weighted by Gasteiger charge is -2.19. The van der Waals surface area contributed by atoms with Crippen molar-refractivity contribution in [3.05, 3.63) is 0 Å². The Labute approximate surface area is 64.2 Å². The molecule has 0 aliphatic rings.